The molecule has 2 aromatic rings. The molecule has 1 aromatic heterocycles. The van der Waals surface area contributed by atoms with Crippen molar-refractivity contribution >= 4 is 44.3 Å². The van der Waals surface area contributed by atoms with E-state index < -0.39 is 0 Å². The second-order valence-electron chi connectivity index (χ2n) is 5.08. The van der Waals surface area contributed by atoms with Gasteiger partial charge < -0.3 is 5.73 Å². The van der Waals surface area contributed by atoms with Crippen LogP contribution in [-0.2, 0) is 5.41 Å². The average Bonchev–Trinajstić information content (AvgIpc) is 2.59. The maximum Gasteiger partial charge on any atom is 0.170 e. The van der Waals surface area contributed by atoms with Gasteiger partial charge in [0.25, 0.3) is 0 Å². The summed E-state index contributed by atoms with van der Waals surface area (Å²) in [4.78, 5) is 0. The molecule has 1 aromatic carbocycles. The summed E-state index contributed by atoms with van der Waals surface area (Å²) in [6, 6.07) is 6.08. The molecular formula is C12H14BrIN4. The summed E-state index contributed by atoms with van der Waals surface area (Å²) in [5.41, 5.74) is 7.69. The van der Waals surface area contributed by atoms with E-state index in [0.29, 0.717) is 5.82 Å². The van der Waals surface area contributed by atoms with E-state index in [-0.39, 0.29) is 5.41 Å². The second-order valence-corrected chi connectivity index (χ2v) is 7.18. The van der Waals surface area contributed by atoms with Gasteiger partial charge in [0, 0.05) is 13.5 Å². The number of halogens is 2. The molecule has 0 spiro atoms. The highest BCUT2D eigenvalue weighted by molar-refractivity contribution is 14.1. The van der Waals surface area contributed by atoms with E-state index in [0.717, 1.165) is 19.4 Å². The first-order chi connectivity index (χ1) is 8.30. The summed E-state index contributed by atoms with van der Waals surface area (Å²) >= 11 is 5.83. The van der Waals surface area contributed by atoms with Gasteiger partial charge in [-0.05, 0) is 56.7 Å². The van der Waals surface area contributed by atoms with Gasteiger partial charge in [0.15, 0.2) is 5.82 Å². The SMILES string of the molecule is CC(C)(C)c1c(N)nnn1-c1ccc(I)cc1Br. The zero-order chi connectivity index (χ0) is 13.5. The summed E-state index contributed by atoms with van der Waals surface area (Å²) in [5, 5.41) is 8.14. The highest BCUT2D eigenvalue weighted by atomic mass is 127. The number of hydrogen-bond donors (Lipinski definition) is 1. The fraction of sp³-hybridized carbons (Fsp3) is 0.333. The molecule has 18 heavy (non-hydrogen) atoms. The number of anilines is 1. The molecule has 2 rings (SSSR count). The molecule has 0 unspecified atom stereocenters. The van der Waals surface area contributed by atoms with E-state index in [1.807, 2.05) is 18.2 Å². The molecule has 0 saturated heterocycles. The topological polar surface area (TPSA) is 56.7 Å². The van der Waals surface area contributed by atoms with Crippen LogP contribution in [-0.4, -0.2) is 15.0 Å². The third-order valence-electron chi connectivity index (χ3n) is 2.54. The van der Waals surface area contributed by atoms with Crippen LogP contribution in [0.2, 0.25) is 0 Å². The minimum Gasteiger partial charge on any atom is -0.381 e. The van der Waals surface area contributed by atoms with Crippen molar-refractivity contribution in [2.45, 2.75) is 26.2 Å². The van der Waals surface area contributed by atoms with Gasteiger partial charge in [-0.1, -0.05) is 26.0 Å². The first kappa shape index (κ1) is 13.8. The molecule has 6 heteroatoms. The minimum absolute atomic E-state index is 0.115. The number of hydrogen-bond acceptors (Lipinski definition) is 3. The first-order valence-electron chi connectivity index (χ1n) is 5.48. The van der Waals surface area contributed by atoms with E-state index in [4.69, 9.17) is 5.73 Å². The Morgan fingerprint density at radius 2 is 2.00 bits per heavy atom. The Hall–Kier alpha value is -0.630. The Labute approximate surface area is 128 Å². The molecule has 0 atom stereocenters. The van der Waals surface area contributed by atoms with Crippen molar-refractivity contribution in [3.05, 3.63) is 31.9 Å². The third kappa shape index (κ3) is 2.54. The van der Waals surface area contributed by atoms with Crippen LogP contribution in [0.15, 0.2) is 22.7 Å². The molecule has 1 heterocycles. The fourth-order valence-corrected chi connectivity index (χ4v) is 3.28. The number of aromatic nitrogens is 3. The summed E-state index contributed by atoms with van der Waals surface area (Å²) in [6.07, 6.45) is 0. The molecule has 0 bridgehead atoms. The van der Waals surface area contributed by atoms with E-state index in [1.54, 1.807) is 4.68 Å². The zero-order valence-corrected chi connectivity index (χ0v) is 14.2. The van der Waals surface area contributed by atoms with E-state index in [2.05, 4.69) is 69.6 Å². The Morgan fingerprint density at radius 1 is 1.33 bits per heavy atom. The number of nitrogens with two attached hydrogens (primary N) is 1. The van der Waals surface area contributed by atoms with Crippen LogP contribution in [0.3, 0.4) is 0 Å². The van der Waals surface area contributed by atoms with Crippen molar-refractivity contribution in [2.75, 3.05) is 5.73 Å². The molecule has 96 valence electrons. The van der Waals surface area contributed by atoms with Crippen molar-refractivity contribution in [1.82, 2.24) is 15.0 Å². The lowest BCUT2D eigenvalue weighted by Crippen LogP contribution is -2.19. The highest BCUT2D eigenvalue weighted by Crippen LogP contribution is 2.31. The molecule has 0 aliphatic rings. The van der Waals surface area contributed by atoms with Crippen LogP contribution < -0.4 is 5.73 Å². The molecular weight excluding hydrogens is 407 g/mol. The zero-order valence-electron chi connectivity index (χ0n) is 10.4. The predicted octanol–water partition coefficient (Wildman–Crippen LogP) is 3.51. The third-order valence-corrected chi connectivity index (χ3v) is 3.85. The van der Waals surface area contributed by atoms with Crippen molar-refractivity contribution in [3.8, 4) is 5.69 Å². The minimum atomic E-state index is -0.115. The number of nitrogen functional groups attached to an aromatic ring is 1. The summed E-state index contributed by atoms with van der Waals surface area (Å²) < 4.78 is 3.94. The number of benzene rings is 1. The van der Waals surface area contributed by atoms with Gasteiger partial charge >= 0.3 is 0 Å². The van der Waals surface area contributed by atoms with Gasteiger partial charge in [-0.15, -0.1) is 5.10 Å². The fourth-order valence-electron chi connectivity index (χ4n) is 1.82. The molecule has 4 nitrogen and oxygen atoms in total. The Morgan fingerprint density at radius 3 is 2.56 bits per heavy atom. The van der Waals surface area contributed by atoms with Crippen LogP contribution in [0.25, 0.3) is 5.69 Å². The normalized spacial score (nSPS) is 11.8. The summed E-state index contributed by atoms with van der Waals surface area (Å²) in [7, 11) is 0. The van der Waals surface area contributed by atoms with Crippen molar-refractivity contribution in [3.63, 3.8) is 0 Å². The maximum atomic E-state index is 5.93. The van der Waals surface area contributed by atoms with Gasteiger partial charge in [0.05, 0.1) is 11.4 Å². The molecule has 0 fully saturated rings. The van der Waals surface area contributed by atoms with Gasteiger partial charge in [0.2, 0.25) is 0 Å². The van der Waals surface area contributed by atoms with Crippen LogP contribution in [0, 0.1) is 3.57 Å². The molecule has 0 amide bonds. The van der Waals surface area contributed by atoms with Gasteiger partial charge in [-0.25, -0.2) is 4.68 Å². The molecule has 0 aliphatic carbocycles. The van der Waals surface area contributed by atoms with E-state index >= 15 is 0 Å². The Kier molecular flexibility index (Phi) is 3.68. The summed E-state index contributed by atoms with van der Waals surface area (Å²) in [6.45, 7) is 6.29. The van der Waals surface area contributed by atoms with E-state index in [1.165, 1.54) is 0 Å². The Bertz CT molecular complexity index is 586. The lowest BCUT2D eigenvalue weighted by atomic mass is 9.91. The molecule has 0 saturated carbocycles. The van der Waals surface area contributed by atoms with Crippen molar-refractivity contribution in [2.24, 2.45) is 0 Å². The monoisotopic (exact) mass is 420 g/mol. The van der Waals surface area contributed by atoms with Gasteiger partial charge in [-0.2, -0.15) is 0 Å². The predicted molar refractivity (Wildman–Crippen MR) is 84.9 cm³/mol. The standard InChI is InChI=1S/C12H14BrIN4/c1-12(2,3)10-11(15)16-17-18(10)9-5-4-7(14)6-8(9)13/h4-6H,15H2,1-3H3. The van der Waals surface area contributed by atoms with Crippen LogP contribution in [0.1, 0.15) is 26.5 Å². The highest BCUT2D eigenvalue weighted by Gasteiger charge is 2.25. The lowest BCUT2D eigenvalue weighted by Gasteiger charge is -2.20. The largest absolute Gasteiger partial charge is 0.381 e. The summed E-state index contributed by atoms with van der Waals surface area (Å²) in [5.74, 6) is 0.480. The molecule has 2 N–H and O–H groups in total. The van der Waals surface area contributed by atoms with Gasteiger partial charge in [-0.3, -0.25) is 0 Å². The van der Waals surface area contributed by atoms with E-state index in [9.17, 15) is 0 Å². The first-order valence-corrected chi connectivity index (χ1v) is 7.35. The maximum absolute atomic E-state index is 5.93. The molecule has 0 aliphatic heterocycles. The van der Waals surface area contributed by atoms with Crippen molar-refractivity contribution < 1.29 is 0 Å². The average molecular weight is 421 g/mol. The quantitative estimate of drug-likeness (QED) is 0.718. The smallest absolute Gasteiger partial charge is 0.170 e. The van der Waals surface area contributed by atoms with Crippen LogP contribution in [0.4, 0.5) is 5.82 Å². The lowest BCUT2D eigenvalue weighted by molar-refractivity contribution is 0.544. The van der Waals surface area contributed by atoms with Crippen LogP contribution >= 0.6 is 38.5 Å². The van der Waals surface area contributed by atoms with Crippen LogP contribution in [0.5, 0.6) is 0 Å². The second kappa shape index (κ2) is 4.80. The van der Waals surface area contributed by atoms with Gasteiger partial charge in [0.1, 0.15) is 0 Å². The number of nitrogens with zero attached hydrogens (tertiary/aromatic N) is 3. The Balaban J connectivity index is 2.65. The molecule has 0 radical (unpaired) electrons. The van der Waals surface area contributed by atoms with Crippen molar-refractivity contribution in [1.29, 1.82) is 0 Å². The number of rotatable bonds is 1.